The lowest BCUT2D eigenvalue weighted by Crippen LogP contribution is -2.38. The van der Waals surface area contributed by atoms with Gasteiger partial charge in [-0.15, -0.1) is 0 Å². The van der Waals surface area contributed by atoms with E-state index in [4.69, 9.17) is 9.73 Å². The van der Waals surface area contributed by atoms with Crippen LogP contribution in [0.15, 0.2) is 76.3 Å². The summed E-state index contributed by atoms with van der Waals surface area (Å²) >= 11 is 1.30. The monoisotopic (exact) mass is 543 g/mol. The topological polar surface area (TPSA) is 71.0 Å². The van der Waals surface area contributed by atoms with Crippen molar-refractivity contribution in [1.29, 1.82) is 0 Å². The van der Waals surface area contributed by atoms with Crippen LogP contribution in [0.1, 0.15) is 49.9 Å². The molecule has 6 nitrogen and oxygen atoms in total. The quantitative estimate of drug-likeness (QED) is 0.405. The molecule has 1 unspecified atom stereocenters. The van der Waals surface area contributed by atoms with E-state index in [1.165, 1.54) is 23.9 Å². The molecule has 0 saturated heterocycles. The van der Waals surface area contributed by atoms with Gasteiger partial charge in [0.1, 0.15) is 0 Å². The fourth-order valence-electron chi connectivity index (χ4n) is 4.20. The van der Waals surface area contributed by atoms with Crippen molar-refractivity contribution in [2.45, 2.75) is 39.4 Å². The van der Waals surface area contributed by atoms with Gasteiger partial charge in [-0.25, -0.2) is 9.79 Å². The Morgan fingerprint density at radius 3 is 2.39 bits per heavy atom. The number of alkyl halides is 3. The van der Waals surface area contributed by atoms with Crippen molar-refractivity contribution in [2.24, 2.45) is 10.9 Å². The minimum absolute atomic E-state index is 0.0205. The molecule has 38 heavy (non-hydrogen) atoms. The van der Waals surface area contributed by atoms with Gasteiger partial charge in [0.15, 0.2) is 5.17 Å². The fourth-order valence-corrected chi connectivity index (χ4v) is 5.12. The highest BCUT2D eigenvalue weighted by Crippen LogP contribution is 2.47. The molecule has 2 aliphatic heterocycles. The molecule has 200 valence electrons. The van der Waals surface area contributed by atoms with Gasteiger partial charge >= 0.3 is 12.1 Å². The van der Waals surface area contributed by atoms with Crippen molar-refractivity contribution in [3.63, 3.8) is 0 Å². The number of amides is 1. The number of rotatable bonds is 8. The number of amidine groups is 1. The molecular weight excluding hydrogens is 515 g/mol. The Hall–Kier alpha value is -3.53. The molecule has 2 aromatic carbocycles. The first-order valence-corrected chi connectivity index (χ1v) is 13.1. The predicted octanol–water partition coefficient (Wildman–Crippen LogP) is 6.14. The maximum atomic E-state index is 13.4. The number of halogens is 3. The van der Waals surface area contributed by atoms with Crippen LogP contribution < -0.4 is 5.32 Å². The van der Waals surface area contributed by atoms with Crippen LogP contribution in [0.25, 0.3) is 5.70 Å². The van der Waals surface area contributed by atoms with Crippen molar-refractivity contribution in [2.75, 3.05) is 13.2 Å². The molecule has 1 N–H and O–H groups in total. The number of hydrogen-bond donors (Lipinski definition) is 1. The molecule has 10 heteroatoms. The third-order valence-corrected chi connectivity index (χ3v) is 6.84. The summed E-state index contributed by atoms with van der Waals surface area (Å²) in [5, 5.41) is 5.20. The van der Waals surface area contributed by atoms with Gasteiger partial charge in [0.25, 0.3) is 0 Å². The van der Waals surface area contributed by atoms with Crippen LogP contribution in [0.4, 0.5) is 13.2 Å². The van der Waals surface area contributed by atoms with Crippen molar-refractivity contribution in [1.82, 2.24) is 10.2 Å². The molecular formula is C28H28F3N3O3S. The van der Waals surface area contributed by atoms with Crippen molar-refractivity contribution in [3.05, 3.63) is 88.0 Å². The van der Waals surface area contributed by atoms with Gasteiger partial charge in [-0.1, -0.05) is 68.1 Å². The molecule has 1 amide bonds. The summed E-state index contributed by atoms with van der Waals surface area (Å²) in [5.74, 6) is -0.558. The first-order valence-electron chi connectivity index (χ1n) is 12.2. The Morgan fingerprint density at radius 1 is 1.11 bits per heavy atom. The minimum Gasteiger partial charge on any atom is -0.463 e. The number of hydrogen-bond acceptors (Lipinski definition) is 6. The van der Waals surface area contributed by atoms with Crippen LogP contribution in [0, 0.1) is 5.92 Å². The third-order valence-electron chi connectivity index (χ3n) is 5.96. The standard InChI is InChI=1S/C28H28F3N3O3S/c1-4-37-26(36)23-24(18-8-6-5-7-9-18)33-27-34(21(16-38-27)14-22(35)32-15-17(2)3)25(23)19-10-12-20(13-11-19)28(29,30)31/h5-13,16-17,25H,4,14-15H2,1-3H3,(H,32,35). The Balaban J connectivity index is 1.84. The van der Waals surface area contributed by atoms with Crippen LogP contribution in [-0.2, 0) is 20.5 Å². The number of nitrogens with zero attached hydrogens (tertiary/aromatic N) is 2. The predicted molar refractivity (Wildman–Crippen MR) is 142 cm³/mol. The zero-order valence-electron chi connectivity index (χ0n) is 21.2. The van der Waals surface area contributed by atoms with Gasteiger partial charge in [0.2, 0.25) is 5.91 Å². The maximum absolute atomic E-state index is 13.4. The smallest absolute Gasteiger partial charge is 0.416 e. The number of nitrogens with one attached hydrogen (secondary N) is 1. The average Bonchev–Trinajstić information content (AvgIpc) is 3.28. The van der Waals surface area contributed by atoms with E-state index in [1.807, 2.05) is 44.2 Å². The molecule has 0 aromatic heterocycles. The first kappa shape index (κ1) is 27.5. The van der Waals surface area contributed by atoms with E-state index in [2.05, 4.69) is 5.32 Å². The number of esters is 1. The van der Waals surface area contributed by atoms with E-state index in [-0.39, 0.29) is 30.4 Å². The van der Waals surface area contributed by atoms with Gasteiger partial charge < -0.3 is 15.0 Å². The molecule has 0 aliphatic carbocycles. The Labute approximate surface area is 223 Å². The van der Waals surface area contributed by atoms with Crippen molar-refractivity contribution >= 4 is 34.5 Å². The summed E-state index contributed by atoms with van der Waals surface area (Å²) in [4.78, 5) is 32.7. The van der Waals surface area contributed by atoms with Crippen LogP contribution in [0.3, 0.4) is 0 Å². The molecule has 2 aromatic rings. The third kappa shape index (κ3) is 5.96. The normalized spacial score (nSPS) is 17.2. The van der Waals surface area contributed by atoms with Crippen LogP contribution >= 0.6 is 11.8 Å². The van der Waals surface area contributed by atoms with Crippen LogP contribution in [-0.4, -0.2) is 35.1 Å². The average molecular weight is 544 g/mol. The van der Waals surface area contributed by atoms with Gasteiger partial charge in [-0.3, -0.25) is 4.79 Å². The number of ether oxygens (including phenoxy) is 1. The Bertz CT molecular complexity index is 1290. The molecule has 4 rings (SSSR count). The minimum atomic E-state index is -4.50. The van der Waals surface area contributed by atoms with Crippen LogP contribution in [0.5, 0.6) is 0 Å². The first-order chi connectivity index (χ1) is 18.1. The molecule has 1 atom stereocenters. The number of carbonyl (C=O) groups excluding carboxylic acids is 2. The second-order valence-corrected chi connectivity index (χ2v) is 10.1. The zero-order chi connectivity index (χ0) is 27.4. The number of benzene rings is 2. The summed E-state index contributed by atoms with van der Waals surface area (Å²) in [6, 6.07) is 12.9. The Morgan fingerprint density at radius 2 is 1.79 bits per heavy atom. The molecule has 0 radical (unpaired) electrons. The number of fused-ring (bicyclic) bond motifs is 1. The highest BCUT2D eigenvalue weighted by molar-refractivity contribution is 8.16. The molecule has 2 heterocycles. The number of thioether (sulfide) groups is 1. The maximum Gasteiger partial charge on any atom is 0.416 e. The highest BCUT2D eigenvalue weighted by atomic mass is 32.2. The van der Waals surface area contributed by atoms with Crippen molar-refractivity contribution < 1.29 is 27.5 Å². The van der Waals surface area contributed by atoms with E-state index in [1.54, 1.807) is 17.2 Å². The van der Waals surface area contributed by atoms with Crippen molar-refractivity contribution in [3.8, 4) is 0 Å². The van der Waals surface area contributed by atoms with Gasteiger partial charge in [0, 0.05) is 17.8 Å². The van der Waals surface area contributed by atoms with E-state index < -0.39 is 23.8 Å². The van der Waals surface area contributed by atoms with Gasteiger partial charge in [0.05, 0.1) is 35.9 Å². The molecule has 0 fully saturated rings. The second-order valence-electron chi connectivity index (χ2n) is 9.24. The zero-order valence-corrected chi connectivity index (χ0v) is 22.0. The lowest BCUT2D eigenvalue weighted by molar-refractivity contribution is -0.139. The number of aliphatic imine (C=N–C) groups is 1. The van der Waals surface area contributed by atoms with E-state index in [9.17, 15) is 22.8 Å². The summed E-state index contributed by atoms with van der Waals surface area (Å²) in [7, 11) is 0. The Kier molecular flexibility index (Phi) is 8.30. The summed E-state index contributed by atoms with van der Waals surface area (Å²) < 4.78 is 45.4. The second kappa shape index (κ2) is 11.5. The summed E-state index contributed by atoms with van der Waals surface area (Å²) in [6.07, 6.45) is -4.48. The highest BCUT2D eigenvalue weighted by Gasteiger charge is 2.42. The van der Waals surface area contributed by atoms with Gasteiger partial charge in [-0.2, -0.15) is 13.2 Å². The van der Waals surface area contributed by atoms with Gasteiger partial charge in [-0.05, 0) is 35.9 Å². The molecule has 0 saturated carbocycles. The lowest BCUT2D eigenvalue weighted by atomic mass is 9.91. The fraction of sp³-hybridized carbons (Fsp3) is 0.321. The van der Waals surface area contributed by atoms with Crippen LogP contribution in [0.2, 0.25) is 0 Å². The number of carbonyl (C=O) groups is 2. The van der Waals surface area contributed by atoms with E-state index in [0.29, 0.717) is 34.2 Å². The van der Waals surface area contributed by atoms with E-state index in [0.717, 1.165) is 12.1 Å². The van der Waals surface area contributed by atoms with E-state index >= 15 is 0 Å². The lowest BCUT2D eigenvalue weighted by Gasteiger charge is -2.37. The molecule has 0 bridgehead atoms. The molecule has 2 aliphatic rings. The summed E-state index contributed by atoms with van der Waals surface area (Å²) in [6.45, 7) is 6.27. The SMILES string of the molecule is CCOC(=O)C1=C(c2ccccc2)N=C2SC=C(CC(=O)NCC(C)C)N2C1c1ccc(C(F)(F)F)cc1. The molecule has 0 spiro atoms. The summed E-state index contributed by atoms with van der Waals surface area (Å²) in [5.41, 5.74) is 1.48. The largest absolute Gasteiger partial charge is 0.463 e.